The minimum absolute atomic E-state index is 0.0332. The van der Waals surface area contributed by atoms with E-state index in [2.05, 4.69) is 5.32 Å². The molecule has 1 amide bonds. The van der Waals surface area contributed by atoms with Gasteiger partial charge in [0.1, 0.15) is 5.75 Å². The highest BCUT2D eigenvalue weighted by molar-refractivity contribution is 5.78. The smallest absolute Gasteiger partial charge is 0.223 e. The molecule has 118 valence electrons. The van der Waals surface area contributed by atoms with Crippen LogP contribution in [0.3, 0.4) is 0 Å². The average molecular weight is 293 g/mol. The first-order valence-corrected chi connectivity index (χ1v) is 7.32. The van der Waals surface area contributed by atoms with E-state index in [0.717, 1.165) is 11.3 Å². The summed E-state index contributed by atoms with van der Waals surface area (Å²) in [6.45, 7) is 8.03. The number of aliphatic hydroxyl groups is 1. The Hall–Kier alpha value is -1.55. The Labute approximate surface area is 127 Å². The number of methoxy groups -OCH3 is 1. The van der Waals surface area contributed by atoms with Gasteiger partial charge >= 0.3 is 0 Å². The molecule has 0 radical (unpaired) electrons. The monoisotopic (exact) mass is 293 g/mol. The van der Waals surface area contributed by atoms with Crippen LogP contribution in [-0.2, 0) is 11.2 Å². The summed E-state index contributed by atoms with van der Waals surface area (Å²) in [5.41, 5.74) is 0.863. The standard InChI is InChI=1S/C17H27NO3/c1-12(10-13-6-8-14(21-5)9-7-13)16(20)18-11-15(19)17(2,3)4/h6-9,12,15,19H,10-11H2,1-5H3,(H,18,20). The number of hydrogen-bond donors (Lipinski definition) is 2. The van der Waals surface area contributed by atoms with Crippen LogP contribution in [0.25, 0.3) is 0 Å². The SMILES string of the molecule is COc1ccc(CC(C)C(=O)NCC(O)C(C)(C)C)cc1. The average Bonchev–Trinajstić information content (AvgIpc) is 2.44. The van der Waals surface area contributed by atoms with E-state index in [-0.39, 0.29) is 23.8 Å². The maximum atomic E-state index is 12.1. The van der Waals surface area contributed by atoms with Crippen LogP contribution >= 0.6 is 0 Å². The van der Waals surface area contributed by atoms with Gasteiger partial charge in [-0.15, -0.1) is 0 Å². The fourth-order valence-electron chi connectivity index (χ4n) is 1.89. The predicted molar refractivity (Wildman–Crippen MR) is 84.3 cm³/mol. The zero-order valence-electron chi connectivity index (χ0n) is 13.6. The first-order valence-electron chi connectivity index (χ1n) is 7.32. The molecular formula is C17H27NO3. The predicted octanol–water partition coefficient (Wildman–Crippen LogP) is 2.40. The van der Waals surface area contributed by atoms with Gasteiger partial charge in [0.2, 0.25) is 5.91 Å². The lowest BCUT2D eigenvalue weighted by Crippen LogP contribution is -2.41. The summed E-state index contributed by atoms with van der Waals surface area (Å²) in [5, 5.41) is 12.8. The van der Waals surface area contributed by atoms with Crippen molar-refractivity contribution in [2.75, 3.05) is 13.7 Å². The second-order valence-electron chi connectivity index (χ2n) is 6.58. The number of hydrogen-bond acceptors (Lipinski definition) is 3. The number of aliphatic hydroxyl groups excluding tert-OH is 1. The molecule has 21 heavy (non-hydrogen) atoms. The van der Waals surface area contributed by atoms with Gasteiger partial charge in [0, 0.05) is 12.5 Å². The number of carbonyl (C=O) groups excluding carboxylic acids is 1. The van der Waals surface area contributed by atoms with Crippen LogP contribution in [0.4, 0.5) is 0 Å². The molecular weight excluding hydrogens is 266 g/mol. The van der Waals surface area contributed by atoms with Gasteiger partial charge in [0.15, 0.2) is 0 Å². The quantitative estimate of drug-likeness (QED) is 0.846. The highest BCUT2D eigenvalue weighted by Gasteiger charge is 2.23. The minimum atomic E-state index is -0.547. The molecule has 0 aliphatic heterocycles. The molecule has 0 saturated heterocycles. The largest absolute Gasteiger partial charge is 0.497 e. The first-order chi connectivity index (χ1) is 9.74. The summed E-state index contributed by atoms with van der Waals surface area (Å²) in [7, 11) is 1.63. The topological polar surface area (TPSA) is 58.6 Å². The molecule has 4 nitrogen and oxygen atoms in total. The molecule has 1 rings (SSSR count). The molecule has 1 aromatic carbocycles. The second-order valence-corrected chi connectivity index (χ2v) is 6.58. The van der Waals surface area contributed by atoms with Crippen LogP contribution in [-0.4, -0.2) is 30.8 Å². The lowest BCUT2D eigenvalue weighted by Gasteiger charge is -2.26. The number of carbonyl (C=O) groups is 1. The summed E-state index contributed by atoms with van der Waals surface area (Å²) >= 11 is 0. The number of amides is 1. The zero-order valence-corrected chi connectivity index (χ0v) is 13.6. The van der Waals surface area contributed by atoms with Crippen molar-refractivity contribution in [3.05, 3.63) is 29.8 Å². The van der Waals surface area contributed by atoms with Crippen LogP contribution in [0.15, 0.2) is 24.3 Å². The van der Waals surface area contributed by atoms with E-state index >= 15 is 0 Å². The van der Waals surface area contributed by atoms with Crippen molar-refractivity contribution < 1.29 is 14.6 Å². The molecule has 0 aliphatic rings. The maximum Gasteiger partial charge on any atom is 0.223 e. The molecule has 0 spiro atoms. The number of rotatable bonds is 6. The van der Waals surface area contributed by atoms with Gasteiger partial charge < -0.3 is 15.2 Å². The van der Waals surface area contributed by atoms with Crippen LogP contribution in [0.5, 0.6) is 5.75 Å². The molecule has 2 atom stereocenters. The van der Waals surface area contributed by atoms with E-state index in [1.54, 1.807) is 7.11 Å². The van der Waals surface area contributed by atoms with Crippen LogP contribution in [0.1, 0.15) is 33.3 Å². The Morgan fingerprint density at radius 3 is 2.33 bits per heavy atom. The molecule has 0 heterocycles. The molecule has 2 N–H and O–H groups in total. The first kappa shape index (κ1) is 17.5. The van der Waals surface area contributed by atoms with Crippen molar-refractivity contribution in [1.82, 2.24) is 5.32 Å². The normalized spacial score (nSPS) is 14.4. The van der Waals surface area contributed by atoms with Crippen molar-refractivity contribution in [3.8, 4) is 5.75 Å². The van der Waals surface area contributed by atoms with Gasteiger partial charge in [-0.1, -0.05) is 39.8 Å². The minimum Gasteiger partial charge on any atom is -0.497 e. The van der Waals surface area contributed by atoms with Crippen molar-refractivity contribution in [3.63, 3.8) is 0 Å². The third-order valence-electron chi connectivity index (χ3n) is 3.62. The number of ether oxygens (including phenoxy) is 1. The lowest BCUT2D eigenvalue weighted by atomic mass is 9.89. The molecule has 4 heteroatoms. The molecule has 0 fully saturated rings. The summed E-state index contributed by atoms with van der Waals surface area (Å²) in [4.78, 5) is 12.1. The second kappa shape index (κ2) is 7.46. The van der Waals surface area contributed by atoms with E-state index < -0.39 is 6.10 Å². The summed E-state index contributed by atoms with van der Waals surface area (Å²) in [5.74, 6) is 0.642. The van der Waals surface area contributed by atoms with Gasteiger partial charge in [-0.2, -0.15) is 0 Å². The summed E-state index contributed by atoms with van der Waals surface area (Å²) in [6, 6.07) is 7.71. The Bertz CT molecular complexity index is 448. The molecule has 1 aromatic rings. The number of benzene rings is 1. The highest BCUT2D eigenvalue weighted by atomic mass is 16.5. The molecule has 0 aromatic heterocycles. The van der Waals surface area contributed by atoms with Gasteiger partial charge in [-0.25, -0.2) is 0 Å². The maximum absolute atomic E-state index is 12.1. The molecule has 2 unspecified atom stereocenters. The van der Waals surface area contributed by atoms with Crippen molar-refractivity contribution in [2.45, 2.75) is 40.2 Å². The van der Waals surface area contributed by atoms with E-state index in [4.69, 9.17) is 4.74 Å². The highest BCUT2D eigenvalue weighted by Crippen LogP contribution is 2.18. The Kier molecular flexibility index (Phi) is 6.21. The van der Waals surface area contributed by atoms with Crippen molar-refractivity contribution in [1.29, 1.82) is 0 Å². The fourth-order valence-corrected chi connectivity index (χ4v) is 1.89. The van der Waals surface area contributed by atoms with Crippen LogP contribution in [0, 0.1) is 11.3 Å². The van der Waals surface area contributed by atoms with Gasteiger partial charge in [-0.3, -0.25) is 4.79 Å². The van der Waals surface area contributed by atoms with E-state index in [9.17, 15) is 9.90 Å². The van der Waals surface area contributed by atoms with Gasteiger partial charge in [0.25, 0.3) is 0 Å². The summed E-state index contributed by atoms with van der Waals surface area (Å²) < 4.78 is 5.11. The Morgan fingerprint density at radius 2 is 1.86 bits per heavy atom. The number of nitrogens with one attached hydrogen (secondary N) is 1. The Morgan fingerprint density at radius 1 is 1.29 bits per heavy atom. The molecule has 0 bridgehead atoms. The van der Waals surface area contributed by atoms with Gasteiger partial charge in [-0.05, 0) is 29.5 Å². The molecule has 0 aliphatic carbocycles. The van der Waals surface area contributed by atoms with Crippen molar-refractivity contribution >= 4 is 5.91 Å². The Balaban J connectivity index is 2.47. The lowest BCUT2D eigenvalue weighted by molar-refractivity contribution is -0.125. The third kappa shape index (κ3) is 5.76. The van der Waals surface area contributed by atoms with Crippen LogP contribution in [0.2, 0.25) is 0 Å². The fraction of sp³-hybridized carbons (Fsp3) is 0.588. The van der Waals surface area contributed by atoms with E-state index in [1.807, 2.05) is 52.0 Å². The zero-order chi connectivity index (χ0) is 16.0. The van der Waals surface area contributed by atoms with E-state index in [0.29, 0.717) is 6.42 Å². The molecule has 0 saturated carbocycles. The summed E-state index contributed by atoms with van der Waals surface area (Å²) in [6.07, 6.45) is 0.121. The third-order valence-corrected chi connectivity index (χ3v) is 3.62. The van der Waals surface area contributed by atoms with Gasteiger partial charge in [0.05, 0.1) is 13.2 Å². The van der Waals surface area contributed by atoms with E-state index in [1.165, 1.54) is 0 Å². The van der Waals surface area contributed by atoms with Crippen molar-refractivity contribution in [2.24, 2.45) is 11.3 Å². The van der Waals surface area contributed by atoms with Crippen LogP contribution < -0.4 is 10.1 Å².